The number of methoxy groups -OCH3 is 1. The molecule has 5 nitrogen and oxygen atoms in total. The van der Waals surface area contributed by atoms with Gasteiger partial charge < -0.3 is 20.0 Å². The van der Waals surface area contributed by atoms with Gasteiger partial charge in [-0.3, -0.25) is 4.79 Å². The van der Waals surface area contributed by atoms with E-state index in [0.29, 0.717) is 11.7 Å². The molecule has 0 aromatic heterocycles. The summed E-state index contributed by atoms with van der Waals surface area (Å²) in [5, 5.41) is 0. The number of primary amides is 1. The molecule has 5 heteroatoms. The zero-order chi connectivity index (χ0) is 14.8. The molecule has 1 heterocycles. The lowest BCUT2D eigenvalue weighted by Gasteiger charge is -2.20. The van der Waals surface area contributed by atoms with Crippen LogP contribution >= 0.6 is 0 Å². The topological polar surface area (TPSA) is 78.6 Å². The molecule has 0 aromatic carbocycles. The van der Waals surface area contributed by atoms with Crippen LogP contribution in [0.5, 0.6) is 0 Å². The summed E-state index contributed by atoms with van der Waals surface area (Å²) >= 11 is 0. The molecule has 1 saturated heterocycles. The Morgan fingerprint density at radius 2 is 1.67 bits per heavy atom. The van der Waals surface area contributed by atoms with Gasteiger partial charge in [0.05, 0.1) is 0 Å². The summed E-state index contributed by atoms with van der Waals surface area (Å²) in [5.74, 6) is 0.915. The fourth-order valence-corrected chi connectivity index (χ4v) is 1.36. The van der Waals surface area contributed by atoms with E-state index < -0.39 is 0 Å². The van der Waals surface area contributed by atoms with Crippen LogP contribution in [-0.2, 0) is 19.1 Å². The molecule has 1 aliphatic heterocycles. The van der Waals surface area contributed by atoms with Crippen LogP contribution in [0.1, 0.15) is 40.0 Å². The molecule has 0 unspecified atom stereocenters. The first-order valence-electron chi connectivity index (χ1n) is 6.25. The Morgan fingerprint density at radius 3 is 1.94 bits per heavy atom. The fraction of sp³-hybridized carbons (Fsp3) is 0.846. The predicted octanol–water partition coefficient (Wildman–Crippen LogP) is 1.78. The minimum absolute atomic E-state index is 0.250. The number of carbonyl (C=O) groups excluding carboxylic acids is 2. The molecule has 0 bridgehead atoms. The van der Waals surface area contributed by atoms with Crippen LogP contribution in [0.3, 0.4) is 0 Å². The minimum Gasteiger partial charge on any atom is -0.388 e. The van der Waals surface area contributed by atoms with Gasteiger partial charge in [-0.15, -0.1) is 0 Å². The number of ether oxygens (including phenoxy) is 2. The van der Waals surface area contributed by atoms with Gasteiger partial charge in [0.2, 0.25) is 6.41 Å². The van der Waals surface area contributed by atoms with Gasteiger partial charge in [0.15, 0.2) is 0 Å². The molecule has 1 aliphatic rings. The molecule has 1 rings (SSSR count). The van der Waals surface area contributed by atoms with E-state index >= 15 is 0 Å². The number of amides is 1. The number of Topliss-reactive ketones (excluding diaryl/α,β-unsaturated/α-hetero) is 1. The normalized spacial score (nSPS) is 13.6. The largest absolute Gasteiger partial charge is 0.388 e. The number of carbonyl (C=O) groups is 2. The van der Waals surface area contributed by atoms with Crippen molar-refractivity contribution in [1.82, 2.24) is 0 Å². The van der Waals surface area contributed by atoms with Crippen LogP contribution in [0.4, 0.5) is 0 Å². The fourth-order valence-electron chi connectivity index (χ4n) is 1.36. The van der Waals surface area contributed by atoms with Gasteiger partial charge in [-0.25, -0.2) is 0 Å². The lowest BCUT2D eigenvalue weighted by Crippen LogP contribution is -2.17. The van der Waals surface area contributed by atoms with Crippen LogP contribution in [0.25, 0.3) is 0 Å². The summed E-state index contributed by atoms with van der Waals surface area (Å²) in [6.07, 6.45) is 3.14. The van der Waals surface area contributed by atoms with E-state index in [9.17, 15) is 4.79 Å². The van der Waals surface area contributed by atoms with Crippen LogP contribution < -0.4 is 5.73 Å². The molecule has 110 valence electrons. The van der Waals surface area contributed by atoms with Crippen LogP contribution in [-0.4, -0.2) is 39.6 Å². The first-order valence-corrected chi connectivity index (χ1v) is 6.25. The maximum Gasteiger partial charge on any atom is 0.204 e. The maximum atomic E-state index is 10.7. The molecule has 0 spiro atoms. The summed E-state index contributed by atoms with van der Waals surface area (Å²) in [7, 11) is 3.25. The second kappa shape index (κ2) is 21.4. The average Bonchev–Trinajstić information content (AvgIpc) is 2.34. The van der Waals surface area contributed by atoms with Gasteiger partial charge in [0.25, 0.3) is 0 Å². The third-order valence-corrected chi connectivity index (χ3v) is 1.92. The van der Waals surface area contributed by atoms with E-state index in [0.717, 1.165) is 32.5 Å². The van der Waals surface area contributed by atoms with Crippen molar-refractivity contribution >= 4 is 12.2 Å². The number of rotatable bonds is 2. The Morgan fingerprint density at radius 1 is 1.33 bits per heavy atom. The zero-order valence-electron chi connectivity index (χ0n) is 12.4. The van der Waals surface area contributed by atoms with E-state index in [4.69, 9.17) is 9.53 Å². The molecule has 1 fully saturated rings. The molecule has 0 atom stereocenters. The Hall–Kier alpha value is -0.940. The summed E-state index contributed by atoms with van der Waals surface area (Å²) in [4.78, 5) is 19.3. The summed E-state index contributed by atoms with van der Waals surface area (Å²) in [6, 6.07) is 0. The highest BCUT2D eigenvalue weighted by molar-refractivity contribution is 5.75. The molecule has 0 aliphatic carbocycles. The minimum atomic E-state index is 0.250. The first-order chi connectivity index (χ1) is 8.62. The van der Waals surface area contributed by atoms with E-state index in [1.807, 2.05) is 13.8 Å². The van der Waals surface area contributed by atoms with Gasteiger partial charge in [0.1, 0.15) is 5.78 Å². The Labute approximate surface area is 111 Å². The van der Waals surface area contributed by atoms with Crippen molar-refractivity contribution < 1.29 is 19.1 Å². The zero-order valence-corrected chi connectivity index (χ0v) is 12.4. The molecular formula is C13H29NO4. The van der Waals surface area contributed by atoms with Crippen LogP contribution in [0.15, 0.2) is 0 Å². The highest BCUT2D eigenvalue weighted by Crippen LogP contribution is 2.18. The van der Waals surface area contributed by atoms with Gasteiger partial charge in [-0.1, -0.05) is 13.8 Å². The van der Waals surface area contributed by atoms with Crippen molar-refractivity contribution in [1.29, 1.82) is 0 Å². The summed E-state index contributed by atoms with van der Waals surface area (Å²) in [6.45, 7) is 7.35. The maximum absolute atomic E-state index is 10.7. The highest BCUT2D eigenvalue weighted by atomic mass is 16.5. The van der Waals surface area contributed by atoms with E-state index in [-0.39, 0.29) is 6.41 Å². The second-order valence-corrected chi connectivity index (χ2v) is 3.51. The van der Waals surface area contributed by atoms with E-state index in [1.165, 1.54) is 0 Å². The summed E-state index contributed by atoms with van der Waals surface area (Å²) in [5.41, 5.74) is 4.17. The molecule has 0 saturated carbocycles. The Bertz CT molecular complexity index is 168. The Kier molecular flexibility index (Phi) is 26.4. The van der Waals surface area contributed by atoms with E-state index in [2.05, 4.69) is 10.5 Å². The van der Waals surface area contributed by atoms with Crippen LogP contribution in [0.2, 0.25) is 0 Å². The molecule has 1 amide bonds. The highest BCUT2D eigenvalue weighted by Gasteiger charge is 2.14. The van der Waals surface area contributed by atoms with Gasteiger partial charge in [0, 0.05) is 33.9 Å². The van der Waals surface area contributed by atoms with Crippen molar-refractivity contribution in [3.63, 3.8) is 0 Å². The van der Waals surface area contributed by atoms with Crippen molar-refractivity contribution in [2.75, 3.05) is 27.4 Å². The van der Waals surface area contributed by atoms with Gasteiger partial charge >= 0.3 is 0 Å². The number of nitrogens with two attached hydrogens (primary N) is 1. The number of hydrogen-bond donors (Lipinski definition) is 1. The monoisotopic (exact) mass is 263 g/mol. The van der Waals surface area contributed by atoms with Crippen molar-refractivity contribution in [3.8, 4) is 0 Å². The molecule has 2 N–H and O–H groups in total. The number of ketones is 1. The van der Waals surface area contributed by atoms with Crippen molar-refractivity contribution in [2.45, 2.75) is 40.0 Å². The quantitative estimate of drug-likeness (QED) is 0.770. The lowest BCUT2D eigenvalue weighted by molar-refractivity contribution is -0.118. The second-order valence-electron chi connectivity index (χ2n) is 3.51. The first kappa shape index (κ1) is 22.3. The molecular weight excluding hydrogens is 234 g/mol. The van der Waals surface area contributed by atoms with Gasteiger partial charge in [-0.2, -0.15) is 0 Å². The number of hydrogen-bond acceptors (Lipinski definition) is 4. The standard InChI is InChI=1S/C8H14O2.C2H6O.C2H6.CH3NO/c1-7(9)6-8-2-4-10-5-3-8;1-3-2;1-2;2-1-3/h8H,2-6H2,1H3;1-2H3;1-2H3;1H,(H2,2,3). The van der Waals surface area contributed by atoms with E-state index in [1.54, 1.807) is 21.1 Å². The van der Waals surface area contributed by atoms with Crippen molar-refractivity contribution in [3.05, 3.63) is 0 Å². The molecule has 0 radical (unpaired) electrons. The van der Waals surface area contributed by atoms with Crippen molar-refractivity contribution in [2.24, 2.45) is 11.7 Å². The SMILES string of the molecule is CC.CC(=O)CC1CCOCC1.COC.NC=O. The third kappa shape index (κ3) is 24.3. The smallest absolute Gasteiger partial charge is 0.204 e. The molecule has 18 heavy (non-hydrogen) atoms. The lowest BCUT2D eigenvalue weighted by atomic mass is 9.95. The average molecular weight is 263 g/mol. The van der Waals surface area contributed by atoms with Gasteiger partial charge in [-0.05, 0) is 25.7 Å². The predicted molar refractivity (Wildman–Crippen MR) is 73.4 cm³/mol. The molecule has 0 aromatic rings. The van der Waals surface area contributed by atoms with Crippen LogP contribution in [0, 0.1) is 5.92 Å². The third-order valence-electron chi connectivity index (χ3n) is 1.92. The summed E-state index contributed by atoms with van der Waals surface area (Å²) < 4.78 is 9.42. The Balaban J connectivity index is -0.000000237.